The predicted octanol–water partition coefficient (Wildman–Crippen LogP) is 1.33. The molecule has 4 heteroatoms. The molecule has 0 radical (unpaired) electrons. The highest BCUT2D eigenvalue weighted by Gasteiger charge is 2.01. The molecule has 12 heavy (non-hydrogen) atoms. The van der Waals surface area contributed by atoms with Gasteiger partial charge < -0.3 is 5.11 Å². The van der Waals surface area contributed by atoms with Crippen LogP contribution in [0.5, 0.6) is 0 Å². The standard InChI is InChI=1S/C8H9N3O/c1-2-11-6-4-7(10-11)8(12)3-5-9/h3-4,6,12H,2H2,1H3. The van der Waals surface area contributed by atoms with Crippen molar-refractivity contribution < 1.29 is 5.11 Å². The molecule has 4 nitrogen and oxygen atoms in total. The van der Waals surface area contributed by atoms with Crippen molar-refractivity contribution in [2.24, 2.45) is 0 Å². The monoisotopic (exact) mass is 163 g/mol. The summed E-state index contributed by atoms with van der Waals surface area (Å²) in [7, 11) is 0. The number of allylic oxidation sites excluding steroid dienone is 1. The first kappa shape index (κ1) is 8.34. The first-order valence-corrected chi connectivity index (χ1v) is 3.60. The molecule has 0 fully saturated rings. The zero-order valence-electron chi connectivity index (χ0n) is 6.73. The highest BCUT2D eigenvalue weighted by atomic mass is 16.3. The minimum atomic E-state index is -0.0929. The van der Waals surface area contributed by atoms with E-state index in [4.69, 9.17) is 5.26 Å². The summed E-state index contributed by atoms with van der Waals surface area (Å²) in [5.41, 5.74) is 0.429. The Labute approximate surface area is 70.4 Å². The second-order valence-corrected chi connectivity index (χ2v) is 2.22. The molecule has 0 amide bonds. The second kappa shape index (κ2) is 3.58. The number of aliphatic hydroxyl groups is 1. The van der Waals surface area contributed by atoms with Gasteiger partial charge in [-0.25, -0.2) is 0 Å². The van der Waals surface area contributed by atoms with Crippen LogP contribution in [0.1, 0.15) is 12.6 Å². The number of nitriles is 1. The fraction of sp³-hybridized carbons (Fsp3) is 0.250. The summed E-state index contributed by atoms with van der Waals surface area (Å²) in [6, 6.07) is 3.39. The van der Waals surface area contributed by atoms with E-state index in [0.717, 1.165) is 12.6 Å². The third-order valence-electron chi connectivity index (χ3n) is 1.43. The Bertz CT molecular complexity index is 332. The average molecular weight is 163 g/mol. The van der Waals surface area contributed by atoms with E-state index in [0.29, 0.717) is 5.69 Å². The number of hydrogen-bond acceptors (Lipinski definition) is 3. The summed E-state index contributed by atoms with van der Waals surface area (Å²) in [6.07, 6.45) is 2.80. The molecular formula is C8H9N3O. The van der Waals surface area contributed by atoms with Crippen molar-refractivity contribution in [3.8, 4) is 6.07 Å². The molecule has 0 saturated heterocycles. The fourth-order valence-electron chi connectivity index (χ4n) is 0.809. The maximum Gasteiger partial charge on any atom is 0.153 e. The normalized spacial score (nSPS) is 11.2. The van der Waals surface area contributed by atoms with E-state index >= 15 is 0 Å². The third kappa shape index (κ3) is 1.64. The van der Waals surface area contributed by atoms with Crippen molar-refractivity contribution in [3.05, 3.63) is 24.0 Å². The first-order chi connectivity index (χ1) is 5.77. The van der Waals surface area contributed by atoms with Crippen molar-refractivity contribution in [3.63, 3.8) is 0 Å². The van der Waals surface area contributed by atoms with Crippen LogP contribution in [-0.2, 0) is 6.54 Å². The lowest BCUT2D eigenvalue weighted by Gasteiger charge is -1.92. The molecule has 0 aliphatic heterocycles. The number of aliphatic hydroxyl groups excluding tert-OH is 1. The highest BCUT2D eigenvalue weighted by molar-refractivity contribution is 5.56. The van der Waals surface area contributed by atoms with Gasteiger partial charge in [-0.1, -0.05) is 0 Å². The molecule has 0 saturated carbocycles. The van der Waals surface area contributed by atoms with Crippen LogP contribution in [0.4, 0.5) is 0 Å². The van der Waals surface area contributed by atoms with Crippen molar-refractivity contribution in [1.82, 2.24) is 9.78 Å². The molecule has 0 atom stereocenters. The van der Waals surface area contributed by atoms with Crippen LogP contribution in [0, 0.1) is 11.3 Å². The topological polar surface area (TPSA) is 61.8 Å². The smallest absolute Gasteiger partial charge is 0.153 e. The molecule has 0 aliphatic carbocycles. The molecule has 0 aromatic carbocycles. The zero-order chi connectivity index (χ0) is 8.97. The maximum atomic E-state index is 9.19. The highest BCUT2D eigenvalue weighted by Crippen LogP contribution is 2.06. The molecule has 0 spiro atoms. The molecule has 1 rings (SSSR count). The number of aryl methyl sites for hydroxylation is 1. The Hall–Kier alpha value is -1.76. The summed E-state index contributed by atoms with van der Waals surface area (Å²) in [5, 5.41) is 21.4. The number of hydrogen-bond donors (Lipinski definition) is 1. The lowest BCUT2D eigenvalue weighted by atomic mass is 10.3. The minimum Gasteiger partial charge on any atom is -0.505 e. The Morgan fingerprint density at radius 3 is 3.17 bits per heavy atom. The van der Waals surface area contributed by atoms with E-state index < -0.39 is 0 Å². The van der Waals surface area contributed by atoms with Crippen LogP contribution < -0.4 is 0 Å². The second-order valence-electron chi connectivity index (χ2n) is 2.22. The number of rotatable bonds is 2. The molecule has 1 aromatic rings. The summed E-state index contributed by atoms with van der Waals surface area (Å²) in [6.45, 7) is 2.70. The first-order valence-electron chi connectivity index (χ1n) is 3.60. The summed E-state index contributed by atoms with van der Waals surface area (Å²) >= 11 is 0. The van der Waals surface area contributed by atoms with E-state index in [2.05, 4.69) is 5.10 Å². The molecule has 0 aliphatic rings. The van der Waals surface area contributed by atoms with Gasteiger partial charge in [0.2, 0.25) is 0 Å². The van der Waals surface area contributed by atoms with Crippen molar-refractivity contribution >= 4 is 5.76 Å². The van der Waals surface area contributed by atoms with Gasteiger partial charge in [-0.15, -0.1) is 0 Å². The minimum absolute atomic E-state index is 0.0929. The lowest BCUT2D eigenvalue weighted by molar-refractivity contribution is 0.505. The molecule has 62 valence electrons. The third-order valence-corrected chi connectivity index (χ3v) is 1.43. The van der Waals surface area contributed by atoms with Gasteiger partial charge in [0.25, 0.3) is 0 Å². The van der Waals surface area contributed by atoms with Gasteiger partial charge in [0.1, 0.15) is 5.69 Å². The molecule has 1 aromatic heterocycles. The molecule has 0 bridgehead atoms. The van der Waals surface area contributed by atoms with Crippen LogP contribution in [0.2, 0.25) is 0 Å². The van der Waals surface area contributed by atoms with E-state index in [-0.39, 0.29) is 5.76 Å². The van der Waals surface area contributed by atoms with Crippen LogP contribution in [0.15, 0.2) is 18.3 Å². The maximum absolute atomic E-state index is 9.19. The number of nitrogens with zero attached hydrogens (tertiary/aromatic N) is 3. The SMILES string of the molecule is CCn1ccc(C(O)=CC#N)n1. The van der Waals surface area contributed by atoms with Gasteiger partial charge in [-0.05, 0) is 13.0 Å². The van der Waals surface area contributed by atoms with Gasteiger partial charge >= 0.3 is 0 Å². The predicted molar refractivity (Wildman–Crippen MR) is 44.1 cm³/mol. The van der Waals surface area contributed by atoms with Gasteiger partial charge in [-0.2, -0.15) is 10.4 Å². The summed E-state index contributed by atoms with van der Waals surface area (Å²) in [4.78, 5) is 0. The van der Waals surface area contributed by atoms with Crippen molar-refractivity contribution in [2.45, 2.75) is 13.5 Å². The largest absolute Gasteiger partial charge is 0.505 e. The Balaban J connectivity index is 2.90. The van der Waals surface area contributed by atoms with E-state index in [9.17, 15) is 5.11 Å². The van der Waals surface area contributed by atoms with E-state index in [1.165, 1.54) is 0 Å². The molecule has 1 heterocycles. The van der Waals surface area contributed by atoms with Crippen molar-refractivity contribution in [2.75, 3.05) is 0 Å². The van der Waals surface area contributed by atoms with Crippen molar-refractivity contribution in [1.29, 1.82) is 5.26 Å². The summed E-state index contributed by atoms with van der Waals surface area (Å²) < 4.78 is 1.68. The van der Waals surface area contributed by atoms with E-state index in [1.54, 1.807) is 23.0 Å². The Morgan fingerprint density at radius 2 is 2.67 bits per heavy atom. The van der Waals surface area contributed by atoms with Gasteiger partial charge in [0.15, 0.2) is 5.76 Å². The Morgan fingerprint density at radius 1 is 1.92 bits per heavy atom. The molecule has 0 unspecified atom stereocenters. The molecule has 1 N–H and O–H groups in total. The van der Waals surface area contributed by atoms with Crippen LogP contribution in [-0.4, -0.2) is 14.9 Å². The van der Waals surface area contributed by atoms with Crippen LogP contribution >= 0.6 is 0 Å². The zero-order valence-corrected chi connectivity index (χ0v) is 6.73. The molecular weight excluding hydrogens is 154 g/mol. The lowest BCUT2D eigenvalue weighted by Crippen LogP contribution is -1.95. The van der Waals surface area contributed by atoms with Gasteiger partial charge in [-0.3, -0.25) is 4.68 Å². The van der Waals surface area contributed by atoms with Gasteiger partial charge in [0.05, 0.1) is 12.1 Å². The number of aromatic nitrogens is 2. The van der Waals surface area contributed by atoms with E-state index in [1.807, 2.05) is 6.92 Å². The van der Waals surface area contributed by atoms with Crippen LogP contribution in [0.25, 0.3) is 5.76 Å². The van der Waals surface area contributed by atoms with Crippen LogP contribution in [0.3, 0.4) is 0 Å². The summed E-state index contributed by atoms with van der Waals surface area (Å²) in [5.74, 6) is -0.0929. The average Bonchev–Trinajstić information content (AvgIpc) is 2.52. The fourth-order valence-corrected chi connectivity index (χ4v) is 0.809. The van der Waals surface area contributed by atoms with Gasteiger partial charge in [0, 0.05) is 12.7 Å². The quantitative estimate of drug-likeness (QED) is 0.528. The Kier molecular flexibility index (Phi) is 2.49.